The normalized spacial score (nSPS) is 13.0. The Bertz CT molecular complexity index is 965. The molecule has 2 rings (SSSR count). The van der Waals surface area contributed by atoms with Crippen LogP contribution in [0, 0.1) is 0 Å². The van der Waals surface area contributed by atoms with Gasteiger partial charge in [-0.3, -0.25) is 29.1 Å². The average molecular weight is 574 g/mol. The fraction of sp³-hybridized carbons (Fsp3) is 0.500. The maximum atomic E-state index is 11.9. The molecule has 2 aromatic carbocycles. The Kier molecular flexibility index (Phi) is 15.6. The first-order chi connectivity index (χ1) is 19.7. The molecule has 0 aliphatic rings. The van der Waals surface area contributed by atoms with Gasteiger partial charge < -0.3 is 24.8 Å². The second kappa shape index (κ2) is 18.9. The average Bonchev–Trinajstić information content (AvgIpc) is 2.94. The number of hydrogen-bond donors (Lipinski definition) is 3. The predicted molar refractivity (Wildman–Crippen MR) is 154 cm³/mol. The summed E-state index contributed by atoms with van der Waals surface area (Å²) in [5.41, 5.74) is 1.94. The fourth-order valence-corrected chi connectivity index (χ4v) is 4.66. The van der Waals surface area contributed by atoms with Crippen LogP contribution in [0.15, 0.2) is 60.7 Å². The molecule has 0 aliphatic carbocycles. The van der Waals surface area contributed by atoms with Gasteiger partial charge in [-0.15, -0.1) is 0 Å². The maximum Gasteiger partial charge on any atom is 0.317 e. The molecule has 2 unspecified atom stereocenters. The van der Waals surface area contributed by atoms with Gasteiger partial charge in [0, 0.05) is 25.2 Å². The van der Waals surface area contributed by atoms with Gasteiger partial charge in [0.05, 0.1) is 46.1 Å². The number of carbonyl (C=O) groups is 3. The number of ether oxygens (including phenoxy) is 2. The van der Waals surface area contributed by atoms with Crippen molar-refractivity contribution in [2.75, 3.05) is 59.0 Å². The lowest BCUT2D eigenvalue weighted by atomic mass is 10.1. The van der Waals surface area contributed by atoms with Gasteiger partial charge in [0.15, 0.2) is 0 Å². The molecule has 2 atom stereocenters. The summed E-state index contributed by atoms with van der Waals surface area (Å²) in [6, 6.07) is 18.3. The first kappa shape index (κ1) is 33.9. The molecular weight excluding hydrogens is 530 g/mol. The summed E-state index contributed by atoms with van der Waals surface area (Å²) >= 11 is 0. The lowest BCUT2D eigenvalue weighted by Crippen LogP contribution is -2.54. The molecule has 2 aromatic rings. The van der Waals surface area contributed by atoms with Crippen LogP contribution in [0.3, 0.4) is 0 Å². The van der Waals surface area contributed by atoms with Crippen LogP contribution in [-0.2, 0) is 37.1 Å². The SMILES string of the molecule is CCN(CC(=O)O)C(COCc1ccccc1)CN(CC(=O)O)CC(COCc1ccccc1)N(CC)CC(=O)O. The molecule has 0 saturated heterocycles. The van der Waals surface area contributed by atoms with Crippen molar-refractivity contribution in [3.63, 3.8) is 0 Å². The maximum absolute atomic E-state index is 11.9. The van der Waals surface area contributed by atoms with E-state index in [1.807, 2.05) is 74.5 Å². The van der Waals surface area contributed by atoms with Gasteiger partial charge in [-0.2, -0.15) is 0 Å². The molecule has 0 radical (unpaired) electrons. The molecule has 0 fully saturated rings. The molecule has 0 amide bonds. The zero-order chi connectivity index (χ0) is 30.0. The third-order valence-electron chi connectivity index (χ3n) is 6.66. The van der Waals surface area contributed by atoms with Crippen molar-refractivity contribution >= 4 is 17.9 Å². The van der Waals surface area contributed by atoms with E-state index >= 15 is 0 Å². The minimum Gasteiger partial charge on any atom is -0.480 e. The Hall–Kier alpha value is -3.35. The number of carboxylic acid groups (broad SMARTS) is 3. The summed E-state index contributed by atoms with van der Waals surface area (Å²) in [6.07, 6.45) is 0. The van der Waals surface area contributed by atoms with Gasteiger partial charge in [-0.25, -0.2) is 0 Å². The van der Waals surface area contributed by atoms with Gasteiger partial charge in [-0.1, -0.05) is 74.5 Å². The highest BCUT2D eigenvalue weighted by Crippen LogP contribution is 2.11. The van der Waals surface area contributed by atoms with Crippen LogP contribution in [0.1, 0.15) is 25.0 Å². The summed E-state index contributed by atoms with van der Waals surface area (Å²) in [6.45, 7) is 5.26. The highest BCUT2D eigenvalue weighted by Gasteiger charge is 2.28. The lowest BCUT2D eigenvalue weighted by molar-refractivity contribution is -0.142. The summed E-state index contributed by atoms with van der Waals surface area (Å²) in [7, 11) is 0. The highest BCUT2D eigenvalue weighted by molar-refractivity contribution is 5.70. The van der Waals surface area contributed by atoms with Gasteiger partial charge in [-0.05, 0) is 24.2 Å². The first-order valence-corrected chi connectivity index (χ1v) is 13.8. The van der Waals surface area contributed by atoms with Crippen molar-refractivity contribution in [2.45, 2.75) is 39.1 Å². The van der Waals surface area contributed by atoms with Gasteiger partial charge in [0.2, 0.25) is 0 Å². The van der Waals surface area contributed by atoms with E-state index in [-0.39, 0.29) is 45.9 Å². The summed E-state index contributed by atoms with van der Waals surface area (Å²) in [4.78, 5) is 40.3. The first-order valence-electron chi connectivity index (χ1n) is 13.8. The Morgan fingerprint density at radius 3 is 1.32 bits per heavy atom. The molecule has 0 aliphatic heterocycles. The second-order valence-corrected chi connectivity index (χ2v) is 9.81. The van der Waals surface area contributed by atoms with E-state index in [1.165, 1.54) is 0 Å². The molecule has 3 N–H and O–H groups in total. The number of carboxylic acids is 3. The third kappa shape index (κ3) is 13.7. The van der Waals surface area contributed by atoms with E-state index in [1.54, 1.807) is 14.7 Å². The van der Waals surface area contributed by atoms with E-state index in [0.29, 0.717) is 26.3 Å². The predicted octanol–water partition coefficient (Wildman–Crippen LogP) is 2.36. The van der Waals surface area contributed by atoms with Crippen LogP contribution in [-0.4, -0.2) is 119 Å². The zero-order valence-corrected chi connectivity index (χ0v) is 23.9. The van der Waals surface area contributed by atoms with Crippen molar-refractivity contribution in [3.05, 3.63) is 71.8 Å². The van der Waals surface area contributed by atoms with Crippen LogP contribution in [0.25, 0.3) is 0 Å². The third-order valence-corrected chi connectivity index (χ3v) is 6.66. The Balaban J connectivity index is 2.22. The summed E-state index contributed by atoms with van der Waals surface area (Å²) < 4.78 is 11.9. The molecule has 0 spiro atoms. The molecule has 0 bridgehead atoms. The number of benzene rings is 2. The topological polar surface area (TPSA) is 140 Å². The van der Waals surface area contributed by atoms with Crippen LogP contribution in [0.5, 0.6) is 0 Å². The summed E-state index contributed by atoms with van der Waals surface area (Å²) in [5.74, 6) is -3.02. The van der Waals surface area contributed by atoms with Crippen LogP contribution >= 0.6 is 0 Å². The van der Waals surface area contributed by atoms with Crippen molar-refractivity contribution in [1.29, 1.82) is 0 Å². The molecule has 41 heavy (non-hydrogen) atoms. The molecular formula is C30H43N3O8. The van der Waals surface area contributed by atoms with Crippen LogP contribution in [0.2, 0.25) is 0 Å². The van der Waals surface area contributed by atoms with Gasteiger partial charge >= 0.3 is 17.9 Å². The number of aliphatic carboxylic acids is 3. The van der Waals surface area contributed by atoms with E-state index < -0.39 is 30.0 Å². The minimum atomic E-state index is -1.04. The van der Waals surface area contributed by atoms with E-state index in [4.69, 9.17) is 9.47 Å². The van der Waals surface area contributed by atoms with Crippen molar-refractivity contribution in [1.82, 2.24) is 14.7 Å². The van der Waals surface area contributed by atoms with E-state index in [2.05, 4.69) is 0 Å². The largest absolute Gasteiger partial charge is 0.480 e. The minimum absolute atomic E-state index is 0.188. The highest BCUT2D eigenvalue weighted by atomic mass is 16.5. The van der Waals surface area contributed by atoms with Crippen LogP contribution in [0.4, 0.5) is 0 Å². The molecule has 0 aromatic heterocycles. The Morgan fingerprint density at radius 2 is 1.00 bits per heavy atom. The molecule has 226 valence electrons. The van der Waals surface area contributed by atoms with Crippen molar-refractivity contribution in [2.24, 2.45) is 0 Å². The van der Waals surface area contributed by atoms with Gasteiger partial charge in [0.25, 0.3) is 0 Å². The Morgan fingerprint density at radius 1 is 0.634 bits per heavy atom. The lowest BCUT2D eigenvalue weighted by Gasteiger charge is -2.37. The monoisotopic (exact) mass is 573 g/mol. The zero-order valence-electron chi connectivity index (χ0n) is 23.9. The quantitative estimate of drug-likeness (QED) is 0.191. The van der Waals surface area contributed by atoms with Crippen molar-refractivity contribution in [3.8, 4) is 0 Å². The van der Waals surface area contributed by atoms with E-state index in [0.717, 1.165) is 11.1 Å². The molecule has 11 nitrogen and oxygen atoms in total. The number of likely N-dealkylation sites (N-methyl/N-ethyl adjacent to an activating group) is 2. The number of hydrogen-bond acceptors (Lipinski definition) is 8. The van der Waals surface area contributed by atoms with Crippen molar-refractivity contribution < 1.29 is 39.2 Å². The number of rotatable bonds is 22. The Labute approximate surface area is 241 Å². The van der Waals surface area contributed by atoms with Gasteiger partial charge in [0.1, 0.15) is 0 Å². The smallest absolute Gasteiger partial charge is 0.317 e. The molecule has 0 heterocycles. The second-order valence-electron chi connectivity index (χ2n) is 9.81. The number of nitrogens with zero attached hydrogens (tertiary/aromatic N) is 3. The summed E-state index contributed by atoms with van der Waals surface area (Å²) in [5, 5.41) is 28.7. The molecule has 11 heteroatoms. The molecule has 0 saturated carbocycles. The van der Waals surface area contributed by atoms with E-state index in [9.17, 15) is 29.7 Å². The fourth-order valence-electron chi connectivity index (χ4n) is 4.66. The standard InChI is InChI=1S/C30H43N3O8/c1-3-32(18-29(36)37)26(22-40-20-24-11-7-5-8-12-24)15-31(17-28(34)35)16-27(33(4-2)19-30(38)39)23-41-21-25-13-9-6-10-14-25/h5-14,26-27H,3-4,15-23H2,1-2H3,(H,34,35)(H,36,37)(H,38,39). The van der Waals surface area contributed by atoms with Crippen LogP contribution < -0.4 is 0 Å².